The van der Waals surface area contributed by atoms with Gasteiger partial charge >= 0.3 is 0 Å². The molecule has 0 radical (unpaired) electrons. The Hall–Kier alpha value is -0.770. The third kappa shape index (κ3) is 4.37. The summed E-state index contributed by atoms with van der Waals surface area (Å²) >= 11 is 6.05. The highest BCUT2D eigenvalue weighted by Gasteiger charge is 2.30. The van der Waals surface area contributed by atoms with E-state index in [1.54, 1.807) is 13.2 Å². The van der Waals surface area contributed by atoms with Crippen molar-refractivity contribution in [3.63, 3.8) is 0 Å². The summed E-state index contributed by atoms with van der Waals surface area (Å²) in [6.45, 7) is 4.78. The average molecular weight is 286 g/mol. The maximum Gasteiger partial charge on any atom is 0.122 e. The summed E-state index contributed by atoms with van der Waals surface area (Å²) in [5.74, 6) is 1.26. The molecule has 1 aromatic carbocycles. The van der Waals surface area contributed by atoms with E-state index in [1.165, 1.54) is 0 Å². The summed E-state index contributed by atoms with van der Waals surface area (Å²) < 4.78 is 5.36. The van der Waals surface area contributed by atoms with Crippen LogP contribution < -0.4 is 10.5 Å². The molecule has 1 aromatic rings. The zero-order chi connectivity index (χ0) is 14.5. The fourth-order valence-electron chi connectivity index (χ4n) is 2.57. The Labute approximate surface area is 120 Å². The Bertz CT molecular complexity index is 403. The minimum absolute atomic E-state index is 0.0668. The van der Waals surface area contributed by atoms with Crippen molar-refractivity contribution in [3.8, 4) is 5.75 Å². The molecule has 0 heterocycles. The lowest BCUT2D eigenvalue weighted by Crippen LogP contribution is -2.37. The van der Waals surface area contributed by atoms with Gasteiger partial charge in [-0.3, -0.25) is 0 Å². The lowest BCUT2D eigenvalue weighted by atomic mass is 9.76. The minimum atomic E-state index is -0.313. The van der Waals surface area contributed by atoms with Crippen molar-refractivity contribution >= 4 is 11.6 Å². The molecule has 4 heteroatoms. The quantitative estimate of drug-likeness (QED) is 0.810. The van der Waals surface area contributed by atoms with Gasteiger partial charge in [-0.05, 0) is 42.5 Å². The number of rotatable bonds is 7. The second-order valence-electron chi connectivity index (χ2n) is 5.59. The highest BCUT2D eigenvalue weighted by atomic mass is 35.5. The van der Waals surface area contributed by atoms with Crippen LogP contribution in [-0.2, 0) is 6.42 Å². The number of aliphatic hydroxyl groups excluding tert-OH is 1. The van der Waals surface area contributed by atoms with Gasteiger partial charge in [0.15, 0.2) is 0 Å². The van der Waals surface area contributed by atoms with Gasteiger partial charge in [0.1, 0.15) is 5.75 Å². The van der Waals surface area contributed by atoms with Gasteiger partial charge in [0, 0.05) is 17.0 Å². The molecule has 3 nitrogen and oxygen atoms in total. The van der Waals surface area contributed by atoms with Crippen molar-refractivity contribution in [3.05, 3.63) is 28.8 Å². The van der Waals surface area contributed by atoms with E-state index >= 15 is 0 Å². The topological polar surface area (TPSA) is 55.5 Å². The molecule has 0 aliphatic rings. The first-order valence-electron chi connectivity index (χ1n) is 6.59. The van der Waals surface area contributed by atoms with Gasteiger partial charge in [-0.2, -0.15) is 0 Å². The summed E-state index contributed by atoms with van der Waals surface area (Å²) in [4.78, 5) is 0. The minimum Gasteiger partial charge on any atom is -0.496 e. The summed E-state index contributed by atoms with van der Waals surface area (Å²) in [6.07, 6.45) is 1.54. The van der Waals surface area contributed by atoms with Crippen LogP contribution in [0.1, 0.15) is 25.8 Å². The van der Waals surface area contributed by atoms with Gasteiger partial charge in [-0.25, -0.2) is 0 Å². The third-order valence-electron chi connectivity index (χ3n) is 3.42. The molecular weight excluding hydrogens is 262 g/mol. The van der Waals surface area contributed by atoms with Gasteiger partial charge < -0.3 is 15.6 Å². The molecule has 108 valence electrons. The highest BCUT2D eigenvalue weighted by Crippen LogP contribution is 2.34. The molecule has 0 spiro atoms. The SMILES string of the molecule is COc1ccc(Cl)cc1CC(CN)(CO)CC(C)C. The van der Waals surface area contributed by atoms with Crippen LogP contribution in [0, 0.1) is 11.3 Å². The first-order valence-corrected chi connectivity index (χ1v) is 6.97. The molecule has 0 aliphatic heterocycles. The van der Waals surface area contributed by atoms with Crippen LogP contribution in [0.25, 0.3) is 0 Å². The first kappa shape index (κ1) is 16.3. The fraction of sp³-hybridized carbons (Fsp3) is 0.600. The predicted octanol–water partition coefficient (Wildman–Crippen LogP) is 2.87. The molecule has 0 aliphatic carbocycles. The Balaban J connectivity index is 3.05. The van der Waals surface area contributed by atoms with E-state index < -0.39 is 0 Å². The standard InChI is InChI=1S/C15H24ClNO2/c1-11(2)7-15(9-17,10-18)8-12-6-13(16)4-5-14(12)19-3/h4-6,11,18H,7-10,17H2,1-3H3. The molecule has 0 saturated carbocycles. The van der Waals surface area contributed by atoms with Crippen molar-refractivity contribution in [2.75, 3.05) is 20.3 Å². The van der Waals surface area contributed by atoms with E-state index in [1.807, 2.05) is 12.1 Å². The zero-order valence-corrected chi connectivity index (χ0v) is 12.7. The van der Waals surface area contributed by atoms with E-state index in [4.69, 9.17) is 22.1 Å². The molecule has 1 unspecified atom stereocenters. The number of hydrogen-bond acceptors (Lipinski definition) is 3. The van der Waals surface area contributed by atoms with Crippen LogP contribution in [0.2, 0.25) is 5.02 Å². The molecular formula is C15H24ClNO2. The highest BCUT2D eigenvalue weighted by molar-refractivity contribution is 6.30. The molecule has 19 heavy (non-hydrogen) atoms. The molecule has 0 aromatic heterocycles. The van der Waals surface area contributed by atoms with E-state index in [-0.39, 0.29) is 12.0 Å². The second-order valence-corrected chi connectivity index (χ2v) is 6.03. The normalized spacial score (nSPS) is 14.5. The van der Waals surface area contributed by atoms with Gasteiger partial charge in [-0.1, -0.05) is 25.4 Å². The Morgan fingerprint density at radius 3 is 2.58 bits per heavy atom. The van der Waals surface area contributed by atoms with Crippen LogP contribution in [0.4, 0.5) is 0 Å². The van der Waals surface area contributed by atoms with E-state index in [9.17, 15) is 5.11 Å². The summed E-state index contributed by atoms with van der Waals surface area (Å²) in [5.41, 5.74) is 6.59. The predicted molar refractivity (Wildman–Crippen MR) is 79.7 cm³/mol. The van der Waals surface area contributed by atoms with Gasteiger partial charge in [0.25, 0.3) is 0 Å². The Kier molecular flexibility index (Phi) is 6.11. The zero-order valence-electron chi connectivity index (χ0n) is 11.9. The lowest BCUT2D eigenvalue weighted by Gasteiger charge is -2.33. The maximum atomic E-state index is 9.77. The lowest BCUT2D eigenvalue weighted by molar-refractivity contribution is 0.107. The number of aliphatic hydroxyl groups is 1. The van der Waals surface area contributed by atoms with Crippen LogP contribution >= 0.6 is 11.6 Å². The van der Waals surface area contributed by atoms with Crippen molar-refractivity contribution in [2.24, 2.45) is 17.1 Å². The molecule has 0 bridgehead atoms. The average Bonchev–Trinajstić information content (AvgIpc) is 2.37. The van der Waals surface area contributed by atoms with Crippen LogP contribution in [0.5, 0.6) is 5.75 Å². The van der Waals surface area contributed by atoms with Crippen LogP contribution in [0.3, 0.4) is 0 Å². The van der Waals surface area contributed by atoms with Crippen molar-refractivity contribution in [1.82, 2.24) is 0 Å². The number of hydrogen-bond donors (Lipinski definition) is 2. The summed E-state index contributed by atoms with van der Waals surface area (Å²) in [6, 6.07) is 5.54. The molecule has 3 N–H and O–H groups in total. The molecule has 0 amide bonds. The van der Waals surface area contributed by atoms with E-state index in [0.717, 1.165) is 17.7 Å². The van der Waals surface area contributed by atoms with Gasteiger partial charge in [-0.15, -0.1) is 0 Å². The van der Waals surface area contributed by atoms with Crippen molar-refractivity contribution in [2.45, 2.75) is 26.7 Å². The molecule has 1 atom stereocenters. The van der Waals surface area contributed by atoms with Crippen LogP contribution in [0.15, 0.2) is 18.2 Å². The van der Waals surface area contributed by atoms with Crippen molar-refractivity contribution in [1.29, 1.82) is 0 Å². The van der Waals surface area contributed by atoms with E-state index in [2.05, 4.69) is 13.8 Å². The van der Waals surface area contributed by atoms with Crippen LogP contribution in [-0.4, -0.2) is 25.4 Å². The smallest absolute Gasteiger partial charge is 0.122 e. The molecule has 1 rings (SSSR count). The van der Waals surface area contributed by atoms with Gasteiger partial charge in [0.2, 0.25) is 0 Å². The summed E-state index contributed by atoms with van der Waals surface area (Å²) in [7, 11) is 1.64. The molecule has 0 fully saturated rings. The third-order valence-corrected chi connectivity index (χ3v) is 3.65. The second kappa shape index (κ2) is 7.13. The maximum absolute atomic E-state index is 9.77. The fourth-order valence-corrected chi connectivity index (χ4v) is 2.76. The first-order chi connectivity index (χ1) is 8.96. The van der Waals surface area contributed by atoms with Crippen molar-refractivity contribution < 1.29 is 9.84 Å². The van der Waals surface area contributed by atoms with E-state index in [0.29, 0.717) is 23.9 Å². The Morgan fingerprint density at radius 1 is 1.42 bits per heavy atom. The Morgan fingerprint density at radius 2 is 2.11 bits per heavy atom. The summed E-state index contributed by atoms with van der Waals surface area (Å²) in [5, 5.41) is 10.4. The largest absolute Gasteiger partial charge is 0.496 e. The number of benzene rings is 1. The van der Waals surface area contributed by atoms with Gasteiger partial charge in [0.05, 0.1) is 13.7 Å². The monoisotopic (exact) mass is 285 g/mol. The number of nitrogens with two attached hydrogens (primary N) is 1. The number of halogens is 1. The molecule has 0 saturated heterocycles. The number of ether oxygens (including phenoxy) is 1. The number of methoxy groups -OCH3 is 1.